The van der Waals surface area contributed by atoms with Crippen LogP contribution in [0.15, 0.2) is 53.4 Å². The van der Waals surface area contributed by atoms with Crippen LogP contribution in [0.1, 0.15) is 24.0 Å². The Morgan fingerprint density at radius 2 is 1.74 bits per heavy atom. The molecule has 144 valence electrons. The number of aryl methyl sites for hydroxylation is 1. The molecule has 1 aliphatic rings. The average Bonchev–Trinajstić information content (AvgIpc) is 3.34. The zero-order chi connectivity index (χ0) is 19.8. The summed E-state index contributed by atoms with van der Waals surface area (Å²) in [6, 6.07) is 11.9. The van der Waals surface area contributed by atoms with Crippen LogP contribution < -0.4 is 5.73 Å². The predicted octanol–water partition coefficient (Wildman–Crippen LogP) is 2.58. The first-order valence-corrected chi connectivity index (χ1v) is 10.3. The molecule has 7 heteroatoms. The molecule has 0 heterocycles. The van der Waals surface area contributed by atoms with Gasteiger partial charge in [0.15, 0.2) is 9.84 Å². The number of sulfone groups is 1. The van der Waals surface area contributed by atoms with Crippen molar-refractivity contribution in [3.8, 4) is 0 Å². The molecule has 0 aromatic heterocycles. The van der Waals surface area contributed by atoms with E-state index >= 15 is 0 Å². The van der Waals surface area contributed by atoms with E-state index in [0.29, 0.717) is 5.56 Å². The van der Waals surface area contributed by atoms with Crippen LogP contribution in [0.4, 0.5) is 4.39 Å². The van der Waals surface area contributed by atoms with Crippen LogP contribution in [-0.4, -0.2) is 32.8 Å². The monoisotopic (exact) mass is 391 g/mol. The van der Waals surface area contributed by atoms with Crippen molar-refractivity contribution in [3.63, 3.8) is 0 Å². The fourth-order valence-electron chi connectivity index (χ4n) is 3.71. The molecule has 2 N–H and O–H groups in total. The molecule has 0 bridgehead atoms. The number of carbonyl (C=O) groups excluding carboxylic acids is 1. The van der Waals surface area contributed by atoms with E-state index in [9.17, 15) is 17.6 Å². The van der Waals surface area contributed by atoms with E-state index in [1.54, 1.807) is 19.1 Å². The molecule has 0 spiro atoms. The molecule has 3 rings (SSSR count). The van der Waals surface area contributed by atoms with Crippen molar-refractivity contribution >= 4 is 15.8 Å². The number of nitrogens with two attached hydrogens (primary N) is 1. The first-order chi connectivity index (χ1) is 12.8. The minimum absolute atomic E-state index is 0.119. The summed E-state index contributed by atoms with van der Waals surface area (Å²) >= 11 is 0. The molecule has 1 fully saturated rings. The Labute approximate surface area is 158 Å². The number of halogens is 1. The van der Waals surface area contributed by atoms with Crippen LogP contribution in [-0.2, 0) is 19.4 Å². The second-order valence-electron chi connectivity index (χ2n) is 6.77. The largest absolute Gasteiger partial charge is 0.465 e. The summed E-state index contributed by atoms with van der Waals surface area (Å²) in [5.74, 6) is -1.76. The summed E-state index contributed by atoms with van der Waals surface area (Å²) < 4.78 is 45.1. The van der Waals surface area contributed by atoms with Gasteiger partial charge in [-0.1, -0.05) is 29.8 Å². The maximum Gasteiger partial charge on any atom is 0.315 e. The molecule has 27 heavy (non-hydrogen) atoms. The van der Waals surface area contributed by atoms with E-state index in [1.165, 1.54) is 36.4 Å². The number of hydrogen-bond donors (Lipinski definition) is 1. The van der Waals surface area contributed by atoms with Gasteiger partial charge < -0.3 is 10.5 Å². The zero-order valence-electron chi connectivity index (χ0n) is 15.2. The lowest BCUT2D eigenvalue weighted by Gasteiger charge is -2.14. The normalized spacial score (nSPS) is 24.4. The summed E-state index contributed by atoms with van der Waals surface area (Å²) in [6.07, 6.45) is 0. The lowest BCUT2D eigenvalue weighted by atomic mass is 9.99. The maximum absolute atomic E-state index is 13.3. The molecule has 2 aromatic carbocycles. The Kier molecular flexibility index (Phi) is 5.10. The molecule has 5 nitrogen and oxygen atoms in total. The van der Waals surface area contributed by atoms with Gasteiger partial charge in [-0.3, -0.25) is 4.79 Å². The van der Waals surface area contributed by atoms with Gasteiger partial charge in [0, 0.05) is 12.5 Å². The van der Waals surface area contributed by atoms with Crippen LogP contribution >= 0.6 is 0 Å². The number of benzene rings is 2. The Morgan fingerprint density at radius 1 is 1.15 bits per heavy atom. The van der Waals surface area contributed by atoms with E-state index in [0.717, 1.165) is 5.56 Å². The van der Waals surface area contributed by atoms with Gasteiger partial charge in [-0.05, 0) is 43.7 Å². The Bertz CT molecular complexity index is 941. The van der Waals surface area contributed by atoms with Gasteiger partial charge in [0.1, 0.15) is 11.2 Å². The molecule has 1 saturated carbocycles. The van der Waals surface area contributed by atoms with Crippen molar-refractivity contribution in [1.29, 1.82) is 0 Å². The van der Waals surface area contributed by atoms with Gasteiger partial charge in [-0.25, -0.2) is 12.8 Å². The highest BCUT2D eigenvalue weighted by Gasteiger charge is 2.75. The van der Waals surface area contributed by atoms with Crippen molar-refractivity contribution in [1.82, 2.24) is 0 Å². The van der Waals surface area contributed by atoms with Gasteiger partial charge in [0.05, 0.1) is 16.8 Å². The van der Waals surface area contributed by atoms with Crippen molar-refractivity contribution in [2.45, 2.75) is 29.9 Å². The van der Waals surface area contributed by atoms with Gasteiger partial charge >= 0.3 is 5.97 Å². The summed E-state index contributed by atoms with van der Waals surface area (Å²) in [7, 11) is -3.85. The Hall–Kier alpha value is -2.25. The predicted molar refractivity (Wildman–Crippen MR) is 99.4 cm³/mol. The summed E-state index contributed by atoms with van der Waals surface area (Å²) in [4.78, 5) is 12.8. The molecule has 0 saturated heterocycles. The molecule has 3 atom stereocenters. The molecule has 0 unspecified atom stereocenters. The standard InChI is InChI=1S/C20H22FNO4S/c1-3-26-19(23)20(12-22)17(14-6-8-15(21)9-7-14)18(20)27(24,25)16-10-4-13(2)5-11-16/h4-11,17-18H,3,12,22H2,1-2H3/t17-,18-,20-/m0/s1. The van der Waals surface area contributed by atoms with Crippen molar-refractivity contribution < 1.29 is 22.3 Å². The lowest BCUT2D eigenvalue weighted by molar-refractivity contribution is -0.149. The van der Waals surface area contributed by atoms with E-state index in [4.69, 9.17) is 10.5 Å². The van der Waals surface area contributed by atoms with Crippen LogP contribution in [0.25, 0.3) is 0 Å². The maximum atomic E-state index is 13.3. The van der Waals surface area contributed by atoms with Gasteiger partial charge in [0.2, 0.25) is 0 Å². The number of hydrogen-bond acceptors (Lipinski definition) is 5. The van der Waals surface area contributed by atoms with Crippen LogP contribution in [0.5, 0.6) is 0 Å². The third-order valence-corrected chi connectivity index (χ3v) is 7.45. The average molecular weight is 391 g/mol. The minimum atomic E-state index is -3.85. The topological polar surface area (TPSA) is 86.5 Å². The van der Waals surface area contributed by atoms with E-state index in [1.807, 2.05) is 6.92 Å². The second kappa shape index (κ2) is 7.05. The third-order valence-electron chi connectivity index (χ3n) is 5.16. The highest BCUT2D eigenvalue weighted by molar-refractivity contribution is 7.92. The molecule has 0 amide bonds. The number of carbonyl (C=O) groups is 1. The van der Waals surface area contributed by atoms with Crippen molar-refractivity contribution in [2.24, 2.45) is 11.1 Å². The van der Waals surface area contributed by atoms with E-state index in [-0.39, 0.29) is 18.0 Å². The van der Waals surface area contributed by atoms with E-state index < -0.39 is 38.2 Å². The van der Waals surface area contributed by atoms with Crippen molar-refractivity contribution in [2.75, 3.05) is 13.2 Å². The number of ether oxygens (including phenoxy) is 1. The smallest absolute Gasteiger partial charge is 0.315 e. The second-order valence-corrected chi connectivity index (χ2v) is 8.84. The Morgan fingerprint density at radius 3 is 2.26 bits per heavy atom. The zero-order valence-corrected chi connectivity index (χ0v) is 16.0. The van der Waals surface area contributed by atoms with Gasteiger partial charge in [0.25, 0.3) is 0 Å². The van der Waals surface area contributed by atoms with Crippen LogP contribution in [0.2, 0.25) is 0 Å². The molecule has 0 aliphatic heterocycles. The quantitative estimate of drug-likeness (QED) is 0.765. The number of esters is 1. The van der Waals surface area contributed by atoms with Crippen LogP contribution in [0.3, 0.4) is 0 Å². The first kappa shape index (κ1) is 19.5. The first-order valence-electron chi connectivity index (χ1n) is 8.72. The summed E-state index contributed by atoms with van der Waals surface area (Å²) in [6.45, 7) is 3.45. The molecular formula is C20H22FNO4S. The molecular weight excluding hydrogens is 369 g/mol. The summed E-state index contributed by atoms with van der Waals surface area (Å²) in [5, 5.41) is -1.05. The SMILES string of the molecule is CCOC(=O)[C@@]1(CN)[C@@H](c2ccc(F)cc2)[C@@H]1S(=O)(=O)c1ccc(C)cc1. The fraction of sp³-hybridized carbons (Fsp3) is 0.350. The van der Waals surface area contributed by atoms with Gasteiger partial charge in [-0.15, -0.1) is 0 Å². The lowest BCUT2D eigenvalue weighted by Crippen LogP contribution is -2.33. The molecule has 0 radical (unpaired) electrons. The third kappa shape index (κ3) is 3.15. The fourth-order valence-corrected chi connectivity index (χ4v) is 6.09. The highest BCUT2D eigenvalue weighted by atomic mass is 32.2. The van der Waals surface area contributed by atoms with Gasteiger partial charge in [-0.2, -0.15) is 0 Å². The summed E-state index contributed by atoms with van der Waals surface area (Å²) in [5.41, 5.74) is 6.01. The van der Waals surface area contributed by atoms with Crippen molar-refractivity contribution in [3.05, 3.63) is 65.5 Å². The van der Waals surface area contributed by atoms with E-state index in [2.05, 4.69) is 0 Å². The molecule has 1 aliphatic carbocycles. The highest BCUT2D eigenvalue weighted by Crippen LogP contribution is 2.64. The minimum Gasteiger partial charge on any atom is -0.465 e. The molecule has 2 aromatic rings. The Balaban J connectivity index is 2.10. The van der Waals surface area contributed by atoms with Crippen LogP contribution in [0, 0.1) is 18.2 Å². The number of rotatable bonds is 6.